The van der Waals surface area contributed by atoms with Gasteiger partial charge in [0.05, 0.1) is 0 Å². The largest absolute Gasteiger partial charge is 0.152 e. The second-order valence-corrected chi connectivity index (χ2v) is 5.95. The highest BCUT2D eigenvalue weighted by molar-refractivity contribution is 7.07. The molecule has 0 N–H and O–H groups in total. The molecule has 1 heterocycles. The summed E-state index contributed by atoms with van der Waals surface area (Å²) in [4.78, 5) is 0. The molecular weight excluding hydrogens is 224 g/mol. The molecule has 1 aromatic rings. The zero-order chi connectivity index (χ0) is 12.3. The molecule has 0 bridgehead atoms. The summed E-state index contributed by atoms with van der Waals surface area (Å²) < 4.78 is 0. The van der Waals surface area contributed by atoms with Gasteiger partial charge in [0.15, 0.2) is 0 Å². The zero-order valence-corrected chi connectivity index (χ0v) is 12.4. The van der Waals surface area contributed by atoms with Gasteiger partial charge in [-0.05, 0) is 34.7 Å². The molecule has 0 saturated carbocycles. The molecule has 98 valence electrons. The van der Waals surface area contributed by atoms with Gasteiger partial charge < -0.3 is 0 Å². The van der Waals surface area contributed by atoms with E-state index in [9.17, 15) is 0 Å². The minimum Gasteiger partial charge on any atom is -0.152 e. The minimum absolute atomic E-state index is 0.913. The molecule has 0 amide bonds. The average molecular weight is 252 g/mol. The molecule has 17 heavy (non-hydrogen) atoms. The molecule has 1 atom stereocenters. The van der Waals surface area contributed by atoms with Crippen LogP contribution in [-0.2, 0) is 6.42 Å². The summed E-state index contributed by atoms with van der Waals surface area (Å²) in [6.07, 6.45) is 12.6. The van der Waals surface area contributed by atoms with Gasteiger partial charge in [-0.3, -0.25) is 0 Å². The molecule has 0 aliphatic rings. The average Bonchev–Trinajstić information content (AvgIpc) is 2.85. The predicted molar refractivity (Wildman–Crippen MR) is 79.8 cm³/mol. The number of thiophene rings is 1. The van der Waals surface area contributed by atoms with Crippen molar-refractivity contribution in [2.45, 2.75) is 71.6 Å². The van der Waals surface area contributed by atoms with Gasteiger partial charge in [0.25, 0.3) is 0 Å². The Morgan fingerprint density at radius 3 is 2.47 bits per heavy atom. The first-order valence-corrected chi connectivity index (χ1v) is 8.32. The molecule has 0 aliphatic heterocycles. The summed E-state index contributed by atoms with van der Waals surface area (Å²) >= 11 is 1.83. The van der Waals surface area contributed by atoms with E-state index in [0.29, 0.717) is 0 Å². The monoisotopic (exact) mass is 252 g/mol. The highest BCUT2D eigenvalue weighted by atomic mass is 32.1. The van der Waals surface area contributed by atoms with Crippen molar-refractivity contribution >= 4 is 11.3 Å². The molecule has 1 aromatic heterocycles. The molecule has 0 spiro atoms. The third kappa shape index (κ3) is 6.88. The highest BCUT2D eigenvalue weighted by Crippen LogP contribution is 2.20. The van der Waals surface area contributed by atoms with Crippen LogP contribution in [0.25, 0.3) is 0 Å². The van der Waals surface area contributed by atoms with Crippen LogP contribution in [0.1, 0.15) is 70.8 Å². The van der Waals surface area contributed by atoms with Crippen molar-refractivity contribution in [1.29, 1.82) is 0 Å². The Balaban J connectivity index is 2.06. The lowest BCUT2D eigenvalue weighted by atomic mass is 9.92. The van der Waals surface area contributed by atoms with Gasteiger partial charge in [0, 0.05) is 0 Å². The Hall–Kier alpha value is -0.300. The zero-order valence-electron chi connectivity index (χ0n) is 11.6. The lowest BCUT2D eigenvalue weighted by Gasteiger charge is -2.13. The van der Waals surface area contributed by atoms with Crippen LogP contribution in [0.15, 0.2) is 16.8 Å². The van der Waals surface area contributed by atoms with Gasteiger partial charge in [0.2, 0.25) is 0 Å². The summed E-state index contributed by atoms with van der Waals surface area (Å²) in [5.74, 6) is 0.913. The van der Waals surface area contributed by atoms with Crippen LogP contribution >= 0.6 is 11.3 Å². The van der Waals surface area contributed by atoms with Crippen molar-refractivity contribution in [1.82, 2.24) is 0 Å². The molecule has 0 nitrogen and oxygen atoms in total. The fourth-order valence-corrected chi connectivity index (χ4v) is 3.09. The van der Waals surface area contributed by atoms with Crippen molar-refractivity contribution in [3.05, 3.63) is 22.4 Å². The number of rotatable bonds is 10. The molecule has 0 radical (unpaired) electrons. The van der Waals surface area contributed by atoms with Gasteiger partial charge in [-0.1, -0.05) is 65.2 Å². The van der Waals surface area contributed by atoms with Crippen LogP contribution in [-0.4, -0.2) is 0 Å². The Labute approximate surface area is 111 Å². The van der Waals surface area contributed by atoms with Crippen LogP contribution in [0.2, 0.25) is 0 Å². The SMILES string of the molecule is CCCCCCCCC(CC)Cc1ccsc1. The van der Waals surface area contributed by atoms with Crippen molar-refractivity contribution in [3.8, 4) is 0 Å². The summed E-state index contributed by atoms with van der Waals surface area (Å²) in [6.45, 7) is 4.63. The molecule has 1 unspecified atom stereocenters. The van der Waals surface area contributed by atoms with Gasteiger partial charge in [-0.2, -0.15) is 11.3 Å². The van der Waals surface area contributed by atoms with Crippen LogP contribution in [0.3, 0.4) is 0 Å². The first kappa shape index (κ1) is 14.8. The number of hydrogen-bond donors (Lipinski definition) is 0. The molecule has 0 aliphatic carbocycles. The maximum Gasteiger partial charge on any atom is -0.00612 e. The number of hydrogen-bond acceptors (Lipinski definition) is 1. The van der Waals surface area contributed by atoms with Crippen molar-refractivity contribution in [2.24, 2.45) is 5.92 Å². The van der Waals surface area contributed by atoms with Crippen LogP contribution < -0.4 is 0 Å². The summed E-state index contributed by atoms with van der Waals surface area (Å²) in [5, 5.41) is 4.51. The lowest BCUT2D eigenvalue weighted by Crippen LogP contribution is -2.02. The quantitative estimate of drug-likeness (QED) is 0.443. The maximum atomic E-state index is 2.34. The van der Waals surface area contributed by atoms with Crippen molar-refractivity contribution in [2.75, 3.05) is 0 Å². The highest BCUT2D eigenvalue weighted by Gasteiger charge is 2.07. The fraction of sp³-hybridized carbons (Fsp3) is 0.750. The molecular formula is C16H28S. The van der Waals surface area contributed by atoms with Crippen LogP contribution in [0.4, 0.5) is 0 Å². The molecule has 0 fully saturated rings. The van der Waals surface area contributed by atoms with Gasteiger partial charge in [-0.15, -0.1) is 0 Å². The lowest BCUT2D eigenvalue weighted by molar-refractivity contribution is 0.436. The van der Waals surface area contributed by atoms with Crippen molar-refractivity contribution < 1.29 is 0 Å². The Morgan fingerprint density at radius 2 is 1.82 bits per heavy atom. The molecule has 0 saturated heterocycles. The first-order valence-electron chi connectivity index (χ1n) is 7.37. The second-order valence-electron chi connectivity index (χ2n) is 5.17. The third-order valence-electron chi connectivity index (χ3n) is 3.65. The van der Waals surface area contributed by atoms with E-state index >= 15 is 0 Å². The predicted octanol–water partition coefficient (Wildman–Crippen LogP) is 6.07. The third-order valence-corrected chi connectivity index (χ3v) is 4.38. The maximum absolute atomic E-state index is 2.34. The van der Waals surface area contributed by atoms with E-state index in [4.69, 9.17) is 0 Å². The molecule has 0 aromatic carbocycles. The van der Waals surface area contributed by atoms with Gasteiger partial charge in [0.1, 0.15) is 0 Å². The van der Waals surface area contributed by atoms with E-state index in [1.807, 2.05) is 11.3 Å². The van der Waals surface area contributed by atoms with Crippen molar-refractivity contribution in [3.63, 3.8) is 0 Å². The molecule has 1 rings (SSSR count). The normalized spacial score (nSPS) is 12.8. The Kier molecular flexibility index (Phi) is 8.42. The van der Waals surface area contributed by atoms with Crippen LogP contribution in [0, 0.1) is 5.92 Å². The molecule has 1 heteroatoms. The Morgan fingerprint density at radius 1 is 1.06 bits per heavy atom. The minimum atomic E-state index is 0.913. The first-order chi connectivity index (χ1) is 8.36. The standard InChI is InChI=1S/C16H28S/c1-3-5-6-7-8-9-10-15(4-2)13-16-11-12-17-14-16/h11-12,14-15H,3-10,13H2,1-2H3. The van der Waals surface area contributed by atoms with Gasteiger partial charge in [-0.25, -0.2) is 0 Å². The number of unbranched alkanes of at least 4 members (excludes halogenated alkanes) is 5. The topological polar surface area (TPSA) is 0 Å². The van der Waals surface area contributed by atoms with E-state index in [2.05, 4.69) is 30.7 Å². The van der Waals surface area contributed by atoms with E-state index in [1.54, 1.807) is 5.56 Å². The van der Waals surface area contributed by atoms with E-state index < -0.39 is 0 Å². The summed E-state index contributed by atoms with van der Waals surface area (Å²) in [5.41, 5.74) is 1.55. The summed E-state index contributed by atoms with van der Waals surface area (Å²) in [6, 6.07) is 2.29. The van der Waals surface area contributed by atoms with E-state index in [1.165, 1.54) is 57.8 Å². The van der Waals surface area contributed by atoms with Crippen LogP contribution in [0.5, 0.6) is 0 Å². The van der Waals surface area contributed by atoms with Gasteiger partial charge >= 0.3 is 0 Å². The van der Waals surface area contributed by atoms with E-state index in [-0.39, 0.29) is 0 Å². The Bertz CT molecular complexity index is 250. The smallest absolute Gasteiger partial charge is 0.00612 e. The summed E-state index contributed by atoms with van der Waals surface area (Å²) in [7, 11) is 0. The fourth-order valence-electron chi connectivity index (χ4n) is 2.41. The second kappa shape index (κ2) is 9.70. The van der Waals surface area contributed by atoms with E-state index in [0.717, 1.165) is 5.92 Å².